The normalized spacial score (nSPS) is 16.6. The van der Waals surface area contributed by atoms with E-state index in [0.29, 0.717) is 26.2 Å². The van der Waals surface area contributed by atoms with Gasteiger partial charge >= 0.3 is 0 Å². The van der Waals surface area contributed by atoms with Gasteiger partial charge in [-0.1, -0.05) is 6.07 Å². The molecule has 1 heterocycles. The van der Waals surface area contributed by atoms with Gasteiger partial charge in [-0.05, 0) is 18.2 Å². The van der Waals surface area contributed by atoms with Crippen LogP contribution in [0.5, 0.6) is 0 Å². The van der Waals surface area contributed by atoms with Crippen LogP contribution in [0, 0.1) is 5.82 Å². The van der Waals surface area contributed by atoms with Gasteiger partial charge in [-0.3, -0.25) is 4.79 Å². The SMILES string of the molecule is O=C(NCCS(=O)(=O)N1CCNCC1)c1cccc(F)c1. The number of halogens is 1. The number of hydrogen-bond donors (Lipinski definition) is 2. The third-order valence-corrected chi connectivity index (χ3v) is 5.07. The molecule has 0 unspecified atom stereocenters. The molecule has 2 N–H and O–H groups in total. The van der Waals surface area contributed by atoms with Crippen LogP contribution in [0.3, 0.4) is 0 Å². The maximum absolute atomic E-state index is 13.0. The maximum atomic E-state index is 13.0. The molecule has 0 bridgehead atoms. The molecular weight excluding hydrogens is 297 g/mol. The largest absolute Gasteiger partial charge is 0.351 e. The molecule has 0 radical (unpaired) electrons. The van der Waals surface area contributed by atoms with Crippen molar-refractivity contribution in [1.29, 1.82) is 0 Å². The highest BCUT2D eigenvalue weighted by Crippen LogP contribution is 2.04. The molecule has 6 nitrogen and oxygen atoms in total. The first kappa shape index (κ1) is 15.9. The van der Waals surface area contributed by atoms with E-state index in [-0.39, 0.29) is 17.9 Å². The van der Waals surface area contributed by atoms with Crippen LogP contribution in [0.4, 0.5) is 4.39 Å². The minimum atomic E-state index is -3.36. The molecule has 1 saturated heterocycles. The van der Waals surface area contributed by atoms with Crippen LogP contribution in [0.15, 0.2) is 24.3 Å². The van der Waals surface area contributed by atoms with E-state index in [4.69, 9.17) is 0 Å². The van der Waals surface area contributed by atoms with E-state index in [9.17, 15) is 17.6 Å². The first-order valence-corrected chi connectivity index (χ1v) is 8.32. The molecule has 8 heteroatoms. The Morgan fingerprint density at radius 2 is 2.05 bits per heavy atom. The molecule has 1 aliphatic heterocycles. The maximum Gasteiger partial charge on any atom is 0.251 e. The second-order valence-electron chi connectivity index (χ2n) is 4.73. The Bertz CT molecular complexity index is 600. The van der Waals surface area contributed by atoms with Crippen LogP contribution < -0.4 is 10.6 Å². The van der Waals surface area contributed by atoms with Gasteiger partial charge in [-0.25, -0.2) is 12.8 Å². The number of hydrogen-bond acceptors (Lipinski definition) is 4. The lowest BCUT2D eigenvalue weighted by Gasteiger charge is -2.26. The van der Waals surface area contributed by atoms with Crippen molar-refractivity contribution in [3.63, 3.8) is 0 Å². The van der Waals surface area contributed by atoms with Crippen LogP contribution in [-0.4, -0.2) is 57.1 Å². The summed E-state index contributed by atoms with van der Waals surface area (Å²) < 4.78 is 38.5. The summed E-state index contributed by atoms with van der Waals surface area (Å²) in [6.45, 7) is 2.16. The third kappa shape index (κ3) is 4.48. The second-order valence-corrected chi connectivity index (χ2v) is 6.82. The number of nitrogens with zero attached hydrogens (tertiary/aromatic N) is 1. The Labute approximate surface area is 123 Å². The molecule has 1 amide bonds. The molecule has 0 atom stereocenters. The first-order valence-electron chi connectivity index (χ1n) is 6.71. The standard InChI is InChI=1S/C13H18FN3O3S/c14-12-3-1-2-11(10-12)13(18)16-6-9-21(19,20)17-7-4-15-5-8-17/h1-3,10,15H,4-9H2,(H,16,18). The zero-order valence-corrected chi connectivity index (χ0v) is 12.3. The van der Waals surface area contributed by atoms with Gasteiger partial charge in [-0.15, -0.1) is 0 Å². The summed E-state index contributed by atoms with van der Waals surface area (Å²) in [6.07, 6.45) is 0. The summed E-state index contributed by atoms with van der Waals surface area (Å²) in [5, 5.41) is 5.57. The summed E-state index contributed by atoms with van der Waals surface area (Å²) in [5.74, 6) is -1.14. The lowest BCUT2D eigenvalue weighted by Crippen LogP contribution is -2.48. The van der Waals surface area contributed by atoms with Crippen LogP contribution in [0.2, 0.25) is 0 Å². The number of rotatable bonds is 5. The van der Waals surface area contributed by atoms with Crippen molar-refractivity contribution in [2.45, 2.75) is 0 Å². The molecule has 2 rings (SSSR count). The molecular formula is C13H18FN3O3S. The fourth-order valence-electron chi connectivity index (χ4n) is 2.08. The first-order chi connectivity index (χ1) is 9.99. The fraction of sp³-hybridized carbons (Fsp3) is 0.462. The zero-order valence-electron chi connectivity index (χ0n) is 11.5. The summed E-state index contributed by atoms with van der Waals surface area (Å²) in [6, 6.07) is 5.26. The number of carbonyl (C=O) groups excluding carboxylic acids is 1. The number of piperazine rings is 1. The number of benzene rings is 1. The molecule has 1 fully saturated rings. The molecule has 0 spiro atoms. The summed E-state index contributed by atoms with van der Waals surface area (Å²) >= 11 is 0. The molecule has 1 aromatic rings. The van der Waals surface area contributed by atoms with Gasteiger partial charge in [0.25, 0.3) is 5.91 Å². The molecule has 0 saturated carbocycles. The summed E-state index contributed by atoms with van der Waals surface area (Å²) in [4.78, 5) is 11.8. The minimum Gasteiger partial charge on any atom is -0.351 e. The van der Waals surface area contributed by atoms with Crippen molar-refractivity contribution in [3.8, 4) is 0 Å². The van der Waals surface area contributed by atoms with Crippen molar-refractivity contribution in [1.82, 2.24) is 14.9 Å². The number of sulfonamides is 1. The highest BCUT2D eigenvalue weighted by Gasteiger charge is 2.23. The van der Waals surface area contributed by atoms with E-state index >= 15 is 0 Å². The lowest BCUT2D eigenvalue weighted by atomic mass is 10.2. The van der Waals surface area contributed by atoms with Crippen molar-refractivity contribution in [3.05, 3.63) is 35.6 Å². The topological polar surface area (TPSA) is 78.5 Å². The monoisotopic (exact) mass is 315 g/mol. The Morgan fingerprint density at radius 1 is 1.33 bits per heavy atom. The predicted molar refractivity (Wildman–Crippen MR) is 77.0 cm³/mol. The van der Waals surface area contributed by atoms with Crippen molar-refractivity contribution >= 4 is 15.9 Å². The van der Waals surface area contributed by atoms with Gasteiger partial charge in [0.1, 0.15) is 5.82 Å². The lowest BCUT2D eigenvalue weighted by molar-refractivity contribution is 0.0955. The van der Waals surface area contributed by atoms with E-state index in [2.05, 4.69) is 10.6 Å². The van der Waals surface area contributed by atoms with Crippen LogP contribution in [0.1, 0.15) is 10.4 Å². The van der Waals surface area contributed by atoms with Crippen LogP contribution in [-0.2, 0) is 10.0 Å². The fourth-order valence-corrected chi connectivity index (χ4v) is 3.43. The van der Waals surface area contributed by atoms with Gasteiger partial charge in [-0.2, -0.15) is 4.31 Å². The highest BCUT2D eigenvalue weighted by atomic mass is 32.2. The molecule has 0 aliphatic carbocycles. The van der Waals surface area contributed by atoms with Gasteiger partial charge in [0.15, 0.2) is 0 Å². The molecule has 116 valence electrons. The van der Waals surface area contributed by atoms with E-state index in [1.807, 2.05) is 0 Å². The third-order valence-electron chi connectivity index (χ3n) is 3.20. The average molecular weight is 315 g/mol. The Balaban J connectivity index is 1.84. The summed E-state index contributed by atoms with van der Waals surface area (Å²) in [5.41, 5.74) is 0.176. The summed E-state index contributed by atoms with van der Waals surface area (Å²) in [7, 11) is -3.36. The van der Waals surface area contributed by atoms with Gasteiger partial charge < -0.3 is 10.6 Å². The predicted octanol–water partition coefficient (Wildman–Crippen LogP) is -0.209. The quantitative estimate of drug-likeness (QED) is 0.788. The molecule has 21 heavy (non-hydrogen) atoms. The zero-order chi connectivity index (χ0) is 15.3. The van der Waals surface area contributed by atoms with Crippen molar-refractivity contribution in [2.24, 2.45) is 0 Å². The van der Waals surface area contributed by atoms with Crippen LogP contribution >= 0.6 is 0 Å². The van der Waals surface area contributed by atoms with E-state index in [0.717, 1.165) is 6.07 Å². The Hall–Kier alpha value is -1.51. The van der Waals surface area contributed by atoms with E-state index in [1.54, 1.807) is 0 Å². The number of carbonyl (C=O) groups is 1. The molecule has 0 aromatic heterocycles. The smallest absolute Gasteiger partial charge is 0.251 e. The van der Waals surface area contributed by atoms with E-state index < -0.39 is 21.7 Å². The van der Waals surface area contributed by atoms with Crippen molar-refractivity contribution < 1.29 is 17.6 Å². The van der Waals surface area contributed by atoms with Gasteiger partial charge in [0.2, 0.25) is 10.0 Å². The second kappa shape index (κ2) is 6.97. The molecule has 1 aromatic carbocycles. The highest BCUT2D eigenvalue weighted by molar-refractivity contribution is 7.89. The minimum absolute atomic E-state index is 0.00160. The van der Waals surface area contributed by atoms with Gasteiger partial charge in [0.05, 0.1) is 5.75 Å². The Kier molecular flexibility index (Phi) is 5.27. The number of amides is 1. The van der Waals surface area contributed by atoms with E-state index in [1.165, 1.54) is 22.5 Å². The average Bonchev–Trinajstić information content (AvgIpc) is 2.48. The number of nitrogens with one attached hydrogen (secondary N) is 2. The van der Waals surface area contributed by atoms with Crippen LogP contribution in [0.25, 0.3) is 0 Å². The molecule has 1 aliphatic rings. The van der Waals surface area contributed by atoms with Crippen molar-refractivity contribution in [2.75, 3.05) is 38.5 Å². The Morgan fingerprint density at radius 3 is 2.71 bits per heavy atom. The van der Waals surface area contributed by atoms with Gasteiger partial charge in [0, 0.05) is 38.3 Å².